The molecule has 0 aliphatic carbocycles. The normalized spacial score (nSPS) is 10.9. The molecule has 8 nitrogen and oxygen atoms in total. The number of aryl methyl sites for hydroxylation is 3. The van der Waals surface area contributed by atoms with Crippen LogP contribution < -0.4 is 5.32 Å². The molecule has 0 aliphatic rings. The summed E-state index contributed by atoms with van der Waals surface area (Å²) in [5.74, 6) is 0.175. The van der Waals surface area contributed by atoms with Crippen LogP contribution in [-0.2, 0) is 10.5 Å². The van der Waals surface area contributed by atoms with Gasteiger partial charge in [-0.15, -0.1) is 5.10 Å². The quantitative estimate of drug-likeness (QED) is 0.345. The Morgan fingerprint density at radius 1 is 1.14 bits per heavy atom. The molecule has 9 heteroatoms. The first-order chi connectivity index (χ1) is 14.0. The van der Waals surface area contributed by atoms with E-state index < -0.39 is 0 Å². The van der Waals surface area contributed by atoms with Gasteiger partial charge in [-0.25, -0.2) is 14.6 Å². The van der Waals surface area contributed by atoms with E-state index in [1.54, 1.807) is 11.8 Å². The largest absolute Gasteiger partial charge is 0.383 e. The molecule has 0 saturated heterocycles. The van der Waals surface area contributed by atoms with Gasteiger partial charge in [-0.3, -0.25) is 4.79 Å². The number of amides is 1. The van der Waals surface area contributed by atoms with Crippen LogP contribution in [0.5, 0.6) is 0 Å². The molecular weight excluding hydrogens is 388 g/mol. The molecule has 0 spiro atoms. The number of rotatable bonds is 8. The monoisotopic (exact) mass is 412 g/mol. The summed E-state index contributed by atoms with van der Waals surface area (Å²) < 4.78 is 6.69. The number of carbonyl (C=O) groups excluding carboxylic acids is 1. The molecule has 0 bridgehead atoms. The molecular formula is C20H24N6O2S. The Hall–Kier alpha value is -2.78. The van der Waals surface area contributed by atoms with Crippen molar-refractivity contribution in [1.82, 2.24) is 30.3 Å². The molecule has 3 aromatic rings. The summed E-state index contributed by atoms with van der Waals surface area (Å²) in [5, 5.41) is 11.8. The fourth-order valence-corrected chi connectivity index (χ4v) is 3.68. The fraction of sp³-hybridized carbons (Fsp3) is 0.350. The molecule has 3 rings (SSSR count). The van der Waals surface area contributed by atoms with Gasteiger partial charge in [0.05, 0.1) is 18.0 Å². The Balaban J connectivity index is 1.90. The summed E-state index contributed by atoms with van der Waals surface area (Å²) in [6.07, 6.45) is 0. The van der Waals surface area contributed by atoms with Crippen molar-refractivity contribution < 1.29 is 9.53 Å². The molecule has 0 atom stereocenters. The number of thioether (sulfide) groups is 1. The third-order valence-electron chi connectivity index (χ3n) is 4.15. The second-order valence-corrected chi connectivity index (χ2v) is 7.55. The second-order valence-electron chi connectivity index (χ2n) is 6.60. The highest BCUT2D eigenvalue weighted by Gasteiger charge is 2.21. The average molecular weight is 413 g/mol. The van der Waals surface area contributed by atoms with Crippen LogP contribution in [0.3, 0.4) is 0 Å². The molecule has 0 unspecified atom stereocenters. The van der Waals surface area contributed by atoms with Gasteiger partial charge in [0.25, 0.3) is 5.91 Å². The minimum Gasteiger partial charge on any atom is -0.383 e. The van der Waals surface area contributed by atoms with Gasteiger partial charge in [0, 0.05) is 30.8 Å². The van der Waals surface area contributed by atoms with Gasteiger partial charge in [0.2, 0.25) is 0 Å². The highest BCUT2D eigenvalue weighted by atomic mass is 32.2. The van der Waals surface area contributed by atoms with E-state index in [9.17, 15) is 4.79 Å². The van der Waals surface area contributed by atoms with Crippen molar-refractivity contribution in [2.24, 2.45) is 0 Å². The van der Waals surface area contributed by atoms with E-state index in [0.29, 0.717) is 35.4 Å². The van der Waals surface area contributed by atoms with Crippen molar-refractivity contribution >= 4 is 17.7 Å². The summed E-state index contributed by atoms with van der Waals surface area (Å²) in [6, 6.07) is 9.84. The molecule has 0 aliphatic heterocycles. The second kappa shape index (κ2) is 9.62. The number of nitrogens with zero attached hydrogens (tertiary/aromatic N) is 5. The van der Waals surface area contributed by atoms with Crippen LogP contribution in [0, 0.1) is 20.8 Å². The number of aromatic nitrogens is 5. The molecule has 0 saturated carbocycles. The average Bonchev–Trinajstić information content (AvgIpc) is 3.10. The number of carbonyl (C=O) groups is 1. The summed E-state index contributed by atoms with van der Waals surface area (Å²) in [7, 11) is 1.59. The van der Waals surface area contributed by atoms with Crippen molar-refractivity contribution in [3.8, 4) is 5.69 Å². The Morgan fingerprint density at radius 2 is 1.83 bits per heavy atom. The van der Waals surface area contributed by atoms with Gasteiger partial charge in [-0.05, 0) is 39.0 Å². The molecule has 29 heavy (non-hydrogen) atoms. The topological polar surface area (TPSA) is 94.8 Å². The molecule has 2 aromatic heterocycles. The summed E-state index contributed by atoms with van der Waals surface area (Å²) in [5.41, 5.74) is 4.78. The number of nitrogens with one attached hydrogen (secondary N) is 1. The number of methoxy groups -OCH3 is 1. The predicted molar refractivity (Wildman–Crippen MR) is 111 cm³/mol. The van der Waals surface area contributed by atoms with Gasteiger partial charge in [0.1, 0.15) is 0 Å². The summed E-state index contributed by atoms with van der Waals surface area (Å²) in [6.45, 7) is 6.73. The number of hydrogen-bond acceptors (Lipinski definition) is 7. The van der Waals surface area contributed by atoms with Crippen LogP contribution in [0.4, 0.5) is 0 Å². The predicted octanol–water partition coefficient (Wildman–Crippen LogP) is 2.65. The maximum atomic E-state index is 12.6. The lowest BCUT2D eigenvalue weighted by Gasteiger charge is -2.09. The smallest absolute Gasteiger partial charge is 0.273 e. The van der Waals surface area contributed by atoms with Crippen molar-refractivity contribution in [2.45, 2.75) is 31.7 Å². The highest BCUT2D eigenvalue weighted by molar-refractivity contribution is 7.98. The number of benzene rings is 1. The van der Waals surface area contributed by atoms with E-state index in [0.717, 1.165) is 22.6 Å². The Labute approximate surface area is 174 Å². The Bertz CT molecular complexity index is 967. The molecule has 0 fully saturated rings. The van der Waals surface area contributed by atoms with Gasteiger partial charge >= 0.3 is 0 Å². The summed E-state index contributed by atoms with van der Waals surface area (Å²) >= 11 is 1.45. The third kappa shape index (κ3) is 5.39. The van der Waals surface area contributed by atoms with Crippen LogP contribution >= 0.6 is 11.8 Å². The van der Waals surface area contributed by atoms with E-state index in [1.807, 2.05) is 51.1 Å². The fourth-order valence-electron chi connectivity index (χ4n) is 2.74. The molecule has 1 N–H and O–H groups in total. The van der Waals surface area contributed by atoms with Gasteiger partial charge in [-0.1, -0.05) is 34.7 Å². The van der Waals surface area contributed by atoms with Crippen LogP contribution in [0.25, 0.3) is 5.69 Å². The highest BCUT2D eigenvalue weighted by Crippen LogP contribution is 2.23. The maximum Gasteiger partial charge on any atom is 0.273 e. The zero-order valence-electron chi connectivity index (χ0n) is 17.0. The van der Waals surface area contributed by atoms with Gasteiger partial charge < -0.3 is 10.1 Å². The SMILES string of the molecule is COCCNC(=O)c1nnn(-c2ccc(C)cc2)c1CSc1nc(C)cc(C)n1. The van der Waals surface area contributed by atoms with Crippen molar-refractivity contribution in [2.75, 3.05) is 20.3 Å². The molecule has 2 heterocycles. The van der Waals surface area contributed by atoms with Crippen molar-refractivity contribution in [3.63, 3.8) is 0 Å². The number of ether oxygens (including phenoxy) is 1. The minimum absolute atomic E-state index is 0.280. The Kier molecular flexibility index (Phi) is 6.95. The lowest BCUT2D eigenvalue weighted by atomic mass is 10.2. The third-order valence-corrected chi connectivity index (χ3v) is 5.01. The van der Waals surface area contributed by atoms with E-state index in [4.69, 9.17) is 4.74 Å². The Morgan fingerprint density at radius 3 is 2.48 bits per heavy atom. The van der Waals surface area contributed by atoms with E-state index in [1.165, 1.54) is 11.8 Å². The van der Waals surface area contributed by atoms with Gasteiger partial charge in [-0.2, -0.15) is 0 Å². The van der Waals surface area contributed by atoms with Crippen LogP contribution in [0.15, 0.2) is 35.5 Å². The molecule has 0 radical (unpaired) electrons. The first-order valence-electron chi connectivity index (χ1n) is 9.21. The zero-order valence-corrected chi connectivity index (χ0v) is 17.8. The van der Waals surface area contributed by atoms with Crippen LogP contribution in [0.1, 0.15) is 33.1 Å². The molecule has 1 amide bonds. The first kappa shape index (κ1) is 20.9. The van der Waals surface area contributed by atoms with Crippen molar-refractivity contribution in [3.05, 3.63) is 58.7 Å². The lowest BCUT2D eigenvalue weighted by Crippen LogP contribution is -2.28. The first-order valence-corrected chi connectivity index (χ1v) is 10.2. The van der Waals surface area contributed by atoms with E-state index >= 15 is 0 Å². The van der Waals surface area contributed by atoms with Crippen LogP contribution in [-0.4, -0.2) is 51.1 Å². The van der Waals surface area contributed by atoms with Crippen LogP contribution in [0.2, 0.25) is 0 Å². The lowest BCUT2D eigenvalue weighted by molar-refractivity contribution is 0.0931. The zero-order chi connectivity index (χ0) is 20.8. The maximum absolute atomic E-state index is 12.6. The number of hydrogen-bond donors (Lipinski definition) is 1. The standard InChI is InChI=1S/C20H24N6O2S/c1-13-5-7-16(8-6-13)26-17(12-29-20-22-14(2)11-15(3)23-20)18(24-25-26)19(27)21-9-10-28-4/h5-8,11H,9-10,12H2,1-4H3,(H,21,27). The van der Waals surface area contributed by atoms with E-state index in [2.05, 4.69) is 25.6 Å². The molecule has 152 valence electrons. The summed E-state index contributed by atoms with van der Waals surface area (Å²) in [4.78, 5) is 21.6. The van der Waals surface area contributed by atoms with E-state index in [-0.39, 0.29) is 5.91 Å². The van der Waals surface area contributed by atoms with Crippen molar-refractivity contribution in [1.29, 1.82) is 0 Å². The minimum atomic E-state index is -0.280. The van der Waals surface area contributed by atoms with Gasteiger partial charge in [0.15, 0.2) is 10.9 Å². The molecule has 1 aromatic carbocycles.